The van der Waals surface area contributed by atoms with Crippen LogP contribution in [0.15, 0.2) is 83.0 Å². The minimum absolute atomic E-state index is 0.164. The topological polar surface area (TPSA) is 24.4 Å². The molecule has 1 atom stereocenters. The molecule has 0 bridgehead atoms. The van der Waals surface area contributed by atoms with Crippen molar-refractivity contribution in [1.82, 2.24) is 5.32 Å². The zero-order valence-corrected chi connectivity index (χ0v) is 12.1. The first kappa shape index (κ1) is 14.4. The van der Waals surface area contributed by atoms with Crippen LogP contribution in [0.4, 0.5) is 0 Å². The summed E-state index contributed by atoms with van der Waals surface area (Å²) in [4.78, 5) is 4.69. The average molecular weight is 285 g/mol. The van der Waals surface area contributed by atoms with Gasteiger partial charge in [-0.05, 0) is 12.5 Å². The smallest absolute Gasteiger partial charge is 0.133 e. The van der Waals surface area contributed by atoms with Crippen LogP contribution in [-0.4, -0.2) is 5.84 Å². The van der Waals surface area contributed by atoms with E-state index in [1.54, 1.807) is 12.3 Å². The van der Waals surface area contributed by atoms with E-state index in [1.165, 1.54) is 0 Å². The van der Waals surface area contributed by atoms with Gasteiger partial charge < -0.3 is 5.32 Å². The molecule has 1 aliphatic heterocycles. The van der Waals surface area contributed by atoms with Crippen molar-refractivity contribution < 1.29 is 0 Å². The molecule has 1 aromatic carbocycles. The fourth-order valence-corrected chi connectivity index (χ4v) is 2.14. The van der Waals surface area contributed by atoms with Crippen molar-refractivity contribution in [2.45, 2.75) is 13.0 Å². The lowest BCUT2D eigenvalue weighted by molar-refractivity contribution is 0.854. The second-order valence-electron chi connectivity index (χ2n) is 4.32. The monoisotopic (exact) mass is 284 g/mol. The van der Waals surface area contributed by atoms with Gasteiger partial charge in [0, 0.05) is 11.8 Å². The van der Waals surface area contributed by atoms with E-state index in [1.807, 2.05) is 55.5 Å². The van der Waals surface area contributed by atoms with Crippen molar-refractivity contribution in [1.29, 1.82) is 0 Å². The maximum Gasteiger partial charge on any atom is 0.133 e. The van der Waals surface area contributed by atoms with Gasteiger partial charge in [-0.3, -0.25) is 4.99 Å². The Morgan fingerprint density at radius 2 is 2.10 bits per heavy atom. The SMILES string of the molecule is C=C/C(=C\C=C/C)C1=NC(c2ccccc2)C(Cl)=CN1. The Balaban J connectivity index is 2.35. The molecule has 1 N–H and O–H groups in total. The van der Waals surface area contributed by atoms with Crippen molar-refractivity contribution in [3.63, 3.8) is 0 Å². The summed E-state index contributed by atoms with van der Waals surface area (Å²) >= 11 is 6.27. The first-order chi connectivity index (χ1) is 9.76. The van der Waals surface area contributed by atoms with E-state index < -0.39 is 0 Å². The first-order valence-corrected chi connectivity index (χ1v) is 6.84. The fraction of sp³-hybridized carbons (Fsp3) is 0.118. The zero-order chi connectivity index (χ0) is 14.4. The van der Waals surface area contributed by atoms with Gasteiger partial charge in [-0.25, -0.2) is 0 Å². The normalized spacial score (nSPS) is 19.3. The Hall–Kier alpha value is -2.06. The van der Waals surface area contributed by atoms with E-state index >= 15 is 0 Å². The molecule has 0 fully saturated rings. The molecule has 0 amide bonds. The Morgan fingerprint density at radius 3 is 2.75 bits per heavy atom. The molecular formula is C17H17ClN2. The van der Waals surface area contributed by atoms with Gasteiger partial charge in [-0.1, -0.05) is 72.8 Å². The van der Waals surface area contributed by atoms with E-state index in [-0.39, 0.29) is 6.04 Å². The molecule has 0 saturated carbocycles. The third-order valence-electron chi connectivity index (χ3n) is 2.94. The van der Waals surface area contributed by atoms with Gasteiger partial charge in [0.2, 0.25) is 0 Å². The molecular weight excluding hydrogens is 268 g/mol. The maximum absolute atomic E-state index is 6.27. The number of amidine groups is 1. The largest absolute Gasteiger partial charge is 0.345 e. The van der Waals surface area contributed by atoms with Crippen LogP contribution < -0.4 is 5.32 Å². The lowest BCUT2D eigenvalue weighted by Crippen LogP contribution is -2.24. The van der Waals surface area contributed by atoms with Gasteiger partial charge in [-0.2, -0.15) is 0 Å². The predicted octanol–water partition coefficient (Wildman–Crippen LogP) is 4.50. The van der Waals surface area contributed by atoms with E-state index in [0.717, 1.165) is 17.0 Å². The van der Waals surface area contributed by atoms with Gasteiger partial charge in [0.25, 0.3) is 0 Å². The molecule has 2 rings (SSSR count). The standard InChI is InChI=1S/C17H17ClN2/c1-3-5-9-13(4-2)17-19-12-15(18)16(20-17)14-10-7-6-8-11-14/h3-12,16H,2H2,1H3,(H,19,20)/b5-3-,13-9+. The maximum atomic E-state index is 6.27. The highest BCUT2D eigenvalue weighted by molar-refractivity contribution is 6.30. The van der Waals surface area contributed by atoms with Crippen molar-refractivity contribution in [3.05, 3.63) is 83.6 Å². The summed E-state index contributed by atoms with van der Waals surface area (Å²) in [6, 6.07) is 9.84. The number of benzene rings is 1. The lowest BCUT2D eigenvalue weighted by atomic mass is 10.1. The minimum Gasteiger partial charge on any atom is -0.345 e. The summed E-state index contributed by atoms with van der Waals surface area (Å²) in [6.07, 6.45) is 9.45. The second-order valence-corrected chi connectivity index (χ2v) is 4.75. The number of aliphatic imine (C=N–C) groups is 1. The third kappa shape index (κ3) is 3.28. The highest BCUT2D eigenvalue weighted by Gasteiger charge is 2.19. The van der Waals surface area contributed by atoms with Gasteiger partial charge in [0.1, 0.15) is 11.9 Å². The number of rotatable bonds is 4. The number of hydrogen-bond donors (Lipinski definition) is 1. The number of halogens is 1. The molecule has 1 aromatic rings. The molecule has 0 radical (unpaired) electrons. The Kier molecular flexibility index (Phi) is 4.97. The van der Waals surface area contributed by atoms with Crippen molar-refractivity contribution in [3.8, 4) is 0 Å². The summed E-state index contributed by atoms with van der Waals surface area (Å²) < 4.78 is 0. The van der Waals surface area contributed by atoms with Crippen LogP contribution in [0.25, 0.3) is 0 Å². The summed E-state index contributed by atoms with van der Waals surface area (Å²) in [5.74, 6) is 0.774. The van der Waals surface area contributed by atoms with E-state index in [2.05, 4.69) is 16.9 Å². The van der Waals surface area contributed by atoms with Crippen LogP contribution in [0.2, 0.25) is 0 Å². The van der Waals surface area contributed by atoms with Crippen LogP contribution >= 0.6 is 11.6 Å². The van der Waals surface area contributed by atoms with Crippen LogP contribution in [0.1, 0.15) is 18.5 Å². The Labute approximate surface area is 124 Å². The van der Waals surface area contributed by atoms with Crippen LogP contribution in [0, 0.1) is 0 Å². The van der Waals surface area contributed by atoms with Crippen LogP contribution in [0.3, 0.4) is 0 Å². The molecule has 0 aromatic heterocycles. The molecule has 2 nitrogen and oxygen atoms in total. The Bertz CT molecular complexity index is 595. The Morgan fingerprint density at radius 1 is 1.35 bits per heavy atom. The molecule has 1 aliphatic rings. The minimum atomic E-state index is -0.164. The number of hydrogen-bond acceptors (Lipinski definition) is 2. The second kappa shape index (κ2) is 6.92. The molecule has 0 aliphatic carbocycles. The summed E-state index contributed by atoms with van der Waals surface area (Å²) in [5.41, 5.74) is 2.01. The molecule has 1 heterocycles. The van der Waals surface area contributed by atoms with Crippen molar-refractivity contribution in [2.75, 3.05) is 0 Å². The first-order valence-electron chi connectivity index (χ1n) is 6.47. The fourth-order valence-electron chi connectivity index (χ4n) is 1.91. The summed E-state index contributed by atoms with van der Waals surface area (Å²) in [5, 5.41) is 3.79. The van der Waals surface area contributed by atoms with Gasteiger partial charge in [0.15, 0.2) is 0 Å². The molecule has 0 saturated heterocycles. The van der Waals surface area contributed by atoms with Crippen molar-refractivity contribution in [2.24, 2.45) is 4.99 Å². The predicted molar refractivity (Wildman–Crippen MR) is 86.8 cm³/mol. The van der Waals surface area contributed by atoms with Gasteiger partial charge >= 0.3 is 0 Å². The van der Waals surface area contributed by atoms with E-state index in [0.29, 0.717) is 5.03 Å². The highest BCUT2D eigenvalue weighted by atomic mass is 35.5. The quantitative estimate of drug-likeness (QED) is 0.809. The molecule has 102 valence electrons. The average Bonchev–Trinajstić information content (AvgIpc) is 2.50. The van der Waals surface area contributed by atoms with E-state index in [9.17, 15) is 0 Å². The molecule has 1 unspecified atom stereocenters. The molecule has 0 spiro atoms. The molecule has 20 heavy (non-hydrogen) atoms. The van der Waals surface area contributed by atoms with E-state index in [4.69, 9.17) is 11.6 Å². The summed E-state index contributed by atoms with van der Waals surface area (Å²) in [7, 11) is 0. The highest BCUT2D eigenvalue weighted by Crippen LogP contribution is 2.30. The third-order valence-corrected chi connectivity index (χ3v) is 3.26. The van der Waals surface area contributed by atoms with Crippen LogP contribution in [0.5, 0.6) is 0 Å². The lowest BCUT2D eigenvalue weighted by Gasteiger charge is -2.20. The van der Waals surface area contributed by atoms with Gasteiger partial charge in [-0.15, -0.1) is 0 Å². The van der Waals surface area contributed by atoms with Crippen LogP contribution in [-0.2, 0) is 0 Å². The number of nitrogens with one attached hydrogen (secondary N) is 1. The zero-order valence-electron chi connectivity index (χ0n) is 11.4. The number of allylic oxidation sites excluding steroid dienone is 3. The molecule has 3 heteroatoms. The summed E-state index contributed by atoms with van der Waals surface area (Å²) in [6.45, 7) is 5.80. The van der Waals surface area contributed by atoms with Gasteiger partial charge in [0.05, 0.1) is 5.03 Å². The number of nitrogens with zero attached hydrogens (tertiary/aromatic N) is 1. The van der Waals surface area contributed by atoms with Crippen molar-refractivity contribution >= 4 is 17.4 Å².